The third-order valence-electron chi connectivity index (χ3n) is 5.20. The Hall–Kier alpha value is -2.95. The maximum atomic E-state index is 13.3. The van der Waals surface area contributed by atoms with E-state index in [1.165, 1.54) is 11.3 Å². The Bertz CT molecular complexity index is 882. The van der Waals surface area contributed by atoms with E-state index in [9.17, 15) is 9.59 Å². The molecule has 3 heterocycles. The van der Waals surface area contributed by atoms with Gasteiger partial charge >= 0.3 is 0 Å². The lowest BCUT2D eigenvalue weighted by atomic mass is 10.0. The van der Waals surface area contributed by atoms with Crippen LogP contribution in [0.15, 0.2) is 54.4 Å². The fraction of sp³-hybridized carbons (Fsp3) is 0.318. The van der Waals surface area contributed by atoms with Gasteiger partial charge in [-0.05, 0) is 43.9 Å². The van der Waals surface area contributed by atoms with Gasteiger partial charge in [0.2, 0.25) is 0 Å². The predicted octanol–water partition coefficient (Wildman–Crippen LogP) is 3.16. The molecule has 138 valence electrons. The molecular formula is C22H23N3O2. The minimum atomic E-state index is -0.227. The predicted molar refractivity (Wildman–Crippen MR) is 103 cm³/mol. The van der Waals surface area contributed by atoms with Crippen LogP contribution in [0.3, 0.4) is 0 Å². The first kappa shape index (κ1) is 17.5. The van der Waals surface area contributed by atoms with Crippen molar-refractivity contribution >= 4 is 17.4 Å². The highest BCUT2D eigenvalue weighted by molar-refractivity contribution is 6.35. The molecule has 1 saturated heterocycles. The van der Waals surface area contributed by atoms with E-state index in [4.69, 9.17) is 0 Å². The summed E-state index contributed by atoms with van der Waals surface area (Å²) >= 11 is 0. The minimum absolute atomic E-state index is 0.200. The monoisotopic (exact) mass is 361 g/mol. The van der Waals surface area contributed by atoms with Crippen LogP contribution in [-0.4, -0.2) is 39.7 Å². The molecule has 0 aliphatic carbocycles. The van der Waals surface area contributed by atoms with Gasteiger partial charge in [0.25, 0.3) is 11.8 Å². The molecule has 1 aromatic heterocycles. The van der Waals surface area contributed by atoms with E-state index < -0.39 is 0 Å². The first-order valence-corrected chi connectivity index (χ1v) is 9.47. The van der Waals surface area contributed by atoms with Gasteiger partial charge in [-0.3, -0.25) is 19.5 Å². The number of aromatic nitrogens is 1. The largest absolute Gasteiger partial charge is 0.366 e. The molecule has 0 saturated carbocycles. The normalized spacial score (nSPS) is 17.8. The van der Waals surface area contributed by atoms with E-state index >= 15 is 0 Å². The zero-order chi connectivity index (χ0) is 18.8. The van der Waals surface area contributed by atoms with Crippen molar-refractivity contribution in [3.05, 3.63) is 71.2 Å². The summed E-state index contributed by atoms with van der Waals surface area (Å²) < 4.78 is 0. The topological polar surface area (TPSA) is 53.5 Å². The Morgan fingerprint density at radius 3 is 2.33 bits per heavy atom. The number of benzene rings is 1. The molecule has 0 N–H and O–H groups in total. The van der Waals surface area contributed by atoms with Crippen molar-refractivity contribution < 1.29 is 9.59 Å². The van der Waals surface area contributed by atoms with Crippen LogP contribution >= 0.6 is 0 Å². The molecule has 0 spiro atoms. The number of imide groups is 1. The fourth-order valence-corrected chi connectivity index (χ4v) is 3.75. The van der Waals surface area contributed by atoms with Gasteiger partial charge in [-0.15, -0.1) is 0 Å². The molecule has 5 heteroatoms. The van der Waals surface area contributed by atoms with Crippen LogP contribution in [0.25, 0.3) is 5.57 Å². The zero-order valence-electron chi connectivity index (χ0n) is 15.5. The summed E-state index contributed by atoms with van der Waals surface area (Å²) in [6.07, 6.45) is 4.95. The number of hydrogen-bond acceptors (Lipinski definition) is 4. The molecule has 1 fully saturated rings. The average molecular weight is 361 g/mol. The Kier molecular flexibility index (Phi) is 4.75. The molecule has 2 amide bonds. The van der Waals surface area contributed by atoms with E-state index in [1.54, 1.807) is 6.20 Å². The quantitative estimate of drug-likeness (QED) is 0.785. The highest BCUT2D eigenvalue weighted by Gasteiger charge is 2.41. The number of nitrogens with zero attached hydrogens (tertiary/aromatic N) is 3. The molecular weight excluding hydrogens is 338 g/mol. The molecule has 0 radical (unpaired) electrons. The summed E-state index contributed by atoms with van der Waals surface area (Å²) in [4.78, 5) is 34.2. The van der Waals surface area contributed by atoms with Crippen LogP contribution in [0.1, 0.15) is 36.1 Å². The third-order valence-corrected chi connectivity index (χ3v) is 5.20. The lowest BCUT2D eigenvalue weighted by Crippen LogP contribution is -2.37. The van der Waals surface area contributed by atoms with Gasteiger partial charge in [-0.2, -0.15) is 0 Å². The van der Waals surface area contributed by atoms with Crippen LogP contribution < -0.4 is 0 Å². The van der Waals surface area contributed by atoms with Gasteiger partial charge in [-0.1, -0.05) is 35.9 Å². The minimum Gasteiger partial charge on any atom is -0.366 e. The Morgan fingerprint density at radius 2 is 1.67 bits per heavy atom. The smallest absolute Gasteiger partial charge is 0.278 e. The molecule has 0 atom stereocenters. The second-order valence-corrected chi connectivity index (χ2v) is 7.15. The second-order valence-electron chi connectivity index (χ2n) is 7.15. The highest BCUT2D eigenvalue weighted by Crippen LogP contribution is 2.33. The van der Waals surface area contributed by atoms with E-state index in [-0.39, 0.29) is 18.4 Å². The molecule has 2 aliphatic heterocycles. The maximum absolute atomic E-state index is 13.3. The fourth-order valence-electron chi connectivity index (χ4n) is 3.75. The van der Waals surface area contributed by atoms with E-state index in [2.05, 4.69) is 9.88 Å². The van der Waals surface area contributed by atoms with Gasteiger partial charge in [-0.25, -0.2) is 0 Å². The number of hydrogen-bond donors (Lipinski definition) is 0. The molecule has 0 bridgehead atoms. The van der Waals surface area contributed by atoms with Crippen molar-refractivity contribution in [3.8, 4) is 0 Å². The highest BCUT2D eigenvalue weighted by atomic mass is 16.2. The van der Waals surface area contributed by atoms with Gasteiger partial charge in [0, 0.05) is 19.3 Å². The number of amides is 2. The SMILES string of the molecule is Cc1ccc(C2=C(N3CCCCC3)C(=O)N(Cc3ccccn3)C2=O)cc1. The third kappa shape index (κ3) is 3.37. The molecule has 0 unspecified atom stereocenters. The number of aryl methyl sites for hydroxylation is 1. The number of likely N-dealkylation sites (tertiary alicyclic amines) is 1. The van der Waals surface area contributed by atoms with Crippen LogP contribution in [0.5, 0.6) is 0 Å². The van der Waals surface area contributed by atoms with Crippen molar-refractivity contribution in [3.63, 3.8) is 0 Å². The number of carbonyl (C=O) groups is 2. The summed E-state index contributed by atoms with van der Waals surface area (Å²) in [5.74, 6) is -0.432. The van der Waals surface area contributed by atoms with E-state index in [0.29, 0.717) is 17.0 Å². The summed E-state index contributed by atoms with van der Waals surface area (Å²) in [7, 11) is 0. The van der Waals surface area contributed by atoms with Crippen LogP contribution in [-0.2, 0) is 16.1 Å². The molecule has 2 aliphatic rings. The molecule has 27 heavy (non-hydrogen) atoms. The first-order valence-electron chi connectivity index (χ1n) is 9.47. The van der Waals surface area contributed by atoms with Crippen LogP contribution in [0.4, 0.5) is 0 Å². The summed E-state index contributed by atoms with van der Waals surface area (Å²) in [5, 5.41) is 0. The van der Waals surface area contributed by atoms with E-state index in [1.807, 2.05) is 49.4 Å². The van der Waals surface area contributed by atoms with Gasteiger partial charge in [0.05, 0.1) is 17.8 Å². The van der Waals surface area contributed by atoms with Crippen molar-refractivity contribution in [2.75, 3.05) is 13.1 Å². The first-order chi connectivity index (χ1) is 13.1. The molecule has 4 rings (SSSR count). The van der Waals surface area contributed by atoms with Gasteiger partial charge in [0.15, 0.2) is 0 Å². The Morgan fingerprint density at radius 1 is 0.926 bits per heavy atom. The van der Waals surface area contributed by atoms with E-state index in [0.717, 1.165) is 37.1 Å². The van der Waals surface area contributed by atoms with Crippen molar-refractivity contribution in [2.24, 2.45) is 0 Å². The zero-order valence-corrected chi connectivity index (χ0v) is 15.5. The number of piperidine rings is 1. The Labute approximate surface area is 159 Å². The lowest BCUT2D eigenvalue weighted by Gasteiger charge is -2.29. The summed E-state index contributed by atoms with van der Waals surface area (Å²) in [6, 6.07) is 13.4. The van der Waals surface area contributed by atoms with Gasteiger partial charge < -0.3 is 4.90 Å². The van der Waals surface area contributed by atoms with Crippen molar-refractivity contribution in [2.45, 2.75) is 32.7 Å². The number of pyridine rings is 1. The summed E-state index contributed by atoms with van der Waals surface area (Å²) in [5.41, 5.74) is 3.73. The van der Waals surface area contributed by atoms with Crippen molar-refractivity contribution in [1.82, 2.24) is 14.8 Å². The van der Waals surface area contributed by atoms with Crippen LogP contribution in [0, 0.1) is 6.92 Å². The number of rotatable bonds is 4. The Balaban J connectivity index is 1.73. The number of carbonyl (C=O) groups excluding carboxylic acids is 2. The molecule has 2 aromatic rings. The summed E-state index contributed by atoms with van der Waals surface area (Å²) in [6.45, 7) is 3.85. The van der Waals surface area contributed by atoms with Crippen molar-refractivity contribution in [1.29, 1.82) is 0 Å². The standard InChI is InChI=1S/C22H23N3O2/c1-16-8-10-17(11-9-16)19-20(24-13-5-2-6-14-24)22(27)25(21(19)26)15-18-7-3-4-12-23-18/h3-4,7-12H,2,5-6,13-15H2,1H3. The molecule has 1 aromatic carbocycles. The van der Waals surface area contributed by atoms with Gasteiger partial charge in [0.1, 0.15) is 5.70 Å². The lowest BCUT2D eigenvalue weighted by molar-refractivity contribution is -0.138. The molecule has 5 nitrogen and oxygen atoms in total. The second kappa shape index (κ2) is 7.35. The maximum Gasteiger partial charge on any atom is 0.278 e. The van der Waals surface area contributed by atoms with Crippen LogP contribution in [0.2, 0.25) is 0 Å². The average Bonchev–Trinajstić information content (AvgIpc) is 2.95.